The second-order valence-electron chi connectivity index (χ2n) is 4.88. The van der Waals surface area contributed by atoms with Gasteiger partial charge in [-0.05, 0) is 18.6 Å². The predicted octanol–water partition coefficient (Wildman–Crippen LogP) is -0.874. The van der Waals surface area contributed by atoms with Crippen LogP contribution >= 0.6 is 0 Å². The number of nitrogens with zero attached hydrogens (tertiary/aromatic N) is 2. The maximum atomic E-state index is 12.0. The zero-order chi connectivity index (χ0) is 16.2. The fourth-order valence-electron chi connectivity index (χ4n) is 1.92. The molecule has 2 amide bonds. The number of sulfonamides is 1. The highest BCUT2D eigenvalue weighted by Crippen LogP contribution is 2.15. The number of rotatable bonds is 5. The van der Waals surface area contributed by atoms with Gasteiger partial charge in [-0.2, -0.15) is 0 Å². The number of amidine groups is 1. The summed E-state index contributed by atoms with van der Waals surface area (Å²) in [7, 11) is -3.41. The van der Waals surface area contributed by atoms with Gasteiger partial charge in [0.2, 0.25) is 5.91 Å². The second-order valence-corrected chi connectivity index (χ2v) is 6.63. The lowest BCUT2D eigenvalue weighted by Crippen LogP contribution is -2.40. The molecular formula is C13H18N4O4S. The molecule has 9 heteroatoms. The number of hydrogen-bond donors (Lipinski definition) is 2. The van der Waals surface area contributed by atoms with Crippen LogP contribution in [-0.2, 0) is 19.6 Å². The van der Waals surface area contributed by atoms with E-state index in [0.29, 0.717) is 18.0 Å². The molecule has 2 aliphatic rings. The molecule has 22 heavy (non-hydrogen) atoms. The first-order valence-electron chi connectivity index (χ1n) is 6.95. The smallest absolute Gasteiger partial charge is 0.256 e. The number of nitrogens with one attached hydrogen (secondary N) is 2. The Labute approximate surface area is 129 Å². The van der Waals surface area contributed by atoms with Crippen molar-refractivity contribution >= 4 is 27.7 Å². The molecule has 0 fully saturated rings. The summed E-state index contributed by atoms with van der Waals surface area (Å²) in [4.78, 5) is 25.0. The molecule has 0 aliphatic carbocycles. The van der Waals surface area contributed by atoms with Crippen molar-refractivity contribution in [1.29, 1.82) is 0 Å². The minimum Gasteiger partial charge on any atom is -0.355 e. The van der Waals surface area contributed by atoms with Crippen LogP contribution in [0.1, 0.15) is 13.3 Å². The average Bonchev–Trinajstić information content (AvgIpc) is 2.49. The van der Waals surface area contributed by atoms with Crippen molar-refractivity contribution in [1.82, 2.24) is 15.5 Å². The number of hydrogen-bond acceptors (Lipinski definition) is 5. The number of amides is 2. The number of fused-ring (bicyclic) bond motifs is 1. The Hall–Kier alpha value is -2.16. The van der Waals surface area contributed by atoms with E-state index in [1.165, 1.54) is 18.4 Å². The fourth-order valence-corrected chi connectivity index (χ4v) is 2.89. The van der Waals surface area contributed by atoms with E-state index in [0.717, 1.165) is 6.42 Å². The standard InChI is InChI=1S/C13H18N4O4S/c1-2-5-14-12(18)8-15-13(19)10-3-4-11-16-22(20,21)7-6-17(11)9-10/h3-4,9H,2,5-8H2,1H3,(H,14,18)(H,15,19). The lowest BCUT2D eigenvalue weighted by molar-refractivity contribution is -0.124. The largest absolute Gasteiger partial charge is 0.355 e. The van der Waals surface area contributed by atoms with Crippen LogP contribution in [0.25, 0.3) is 0 Å². The molecule has 0 saturated carbocycles. The Morgan fingerprint density at radius 1 is 1.32 bits per heavy atom. The summed E-state index contributed by atoms with van der Waals surface area (Å²) in [6.45, 7) is 2.66. The maximum Gasteiger partial charge on any atom is 0.256 e. The van der Waals surface area contributed by atoms with Gasteiger partial charge in [0, 0.05) is 19.3 Å². The molecule has 8 nitrogen and oxygen atoms in total. The van der Waals surface area contributed by atoms with Crippen LogP contribution in [0.4, 0.5) is 0 Å². The Morgan fingerprint density at radius 2 is 2.09 bits per heavy atom. The monoisotopic (exact) mass is 326 g/mol. The summed E-state index contributed by atoms with van der Waals surface area (Å²) in [6.07, 6.45) is 5.32. The molecular weight excluding hydrogens is 308 g/mol. The molecule has 0 aromatic heterocycles. The molecule has 2 rings (SSSR count). The highest BCUT2D eigenvalue weighted by Gasteiger charge is 2.24. The van der Waals surface area contributed by atoms with Crippen LogP contribution < -0.4 is 10.6 Å². The van der Waals surface area contributed by atoms with E-state index in [1.54, 1.807) is 4.90 Å². The molecule has 0 spiro atoms. The van der Waals surface area contributed by atoms with Crippen LogP contribution in [0, 0.1) is 0 Å². The Morgan fingerprint density at radius 3 is 2.82 bits per heavy atom. The molecule has 2 aliphatic heterocycles. The first kappa shape index (κ1) is 16.2. The van der Waals surface area contributed by atoms with Gasteiger partial charge in [-0.15, -0.1) is 4.40 Å². The van der Waals surface area contributed by atoms with Gasteiger partial charge < -0.3 is 15.5 Å². The lowest BCUT2D eigenvalue weighted by Gasteiger charge is -2.26. The molecule has 0 atom stereocenters. The molecule has 2 N–H and O–H groups in total. The van der Waals surface area contributed by atoms with Crippen molar-refractivity contribution in [3.63, 3.8) is 0 Å². The van der Waals surface area contributed by atoms with E-state index < -0.39 is 15.9 Å². The SMILES string of the molecule is CCCNC(=O)CNC(=O)C1=CN2CCS(=O)(=O)N=C2C=C1. The number of carbonyl (C=O) groups excluding carboxylic acids is 2. The molecule has 0 radical (unpaired) electrons. The molecule has 0 aromatic carbocycles. The first-order chi connectivity index (χ1) is 10.4. The lowest BCUT2D eigenvalue weighted by atomic mass is 10.2. The van der Waals surface area contributed by atoms with Gasteiger partial charge in [0.1, 0.15) is 5.84 Å². The minimum atomic E-state index is -3.41. The van der Waals surface area contributed by atoms with Gasteiger partial charge in [-0.1, -0.05) is 6.92 Å². The van der Waals surface area contributed by atoms with Gasteiger partial charge in [-0.3, -0.25) is 9.59 Å². The van der Waals surface area contributed by atoms with Crippen LogP contribution in [0.15, 0.2) is 28.3 Å². The number of carbonyl (C=O) groups is 2. The van der Waals surface area contributed by atoms with Crippen molar-refractivity contribution in [3.05, 3.63) is 23.9 Å². The molecule has 2 heterocycles. The third kappa shape index (κ3) is 4.17. The van der Waals surface area contributed by atoms with Crippen molar-refractivity contribution in [2.24, 2.45) is 4.40 Å². The van der Waals surface area contributed by atoms with Crippen molar-refractivity contribution < 1.29 is 18.0 Å². The Balaban J connectivity index is 1.95. The van der Waals surface area contributed by atoms with E-state index in [2.05, 4.69) is 15.0 Å². The van der Waals surface area contributed by atoms with E-state index in [9.17, 15) is 18.0 Å². The van der Waals surface area contributed by atoms with E-state index in [4.69, 9.17) is 0 Å². The van der Waals surface area contributed by atoms with Gasteiger partial charge in [0.05, 0.1) is 17.9 Å². The van der Waals surface area contributed by atoms with E-state index >= 15 is 0 Å². The topological polar surface area (TPSA) is 108 Å². The molecule has 0 unspecified atom stereocenters. The third-order valence-corrected chi connectivity index (χ3v) is 4.23. The summed E-state index contributed by atoms with van der Waals surface area (Å²) < 4.78 is 26.4. The van der Waals surface area contributed by atoms with Crippen LogP contribution in [-0.4, -0.2) is 56.4 Å². The van der Waals surface area contributed by atoms with Crippen LogP contribution in [0.2, 0.25) is 0 Å². The summed E-state index contributed by atoms with van der Waals surface area (Å²) in [5.74, 6) is -0.435. The second kappa shape index (κ2) is 6.73. The Kier molecular flexibility index (Phi) is 4.96. The average molecular weight is 326 g/mol. The first-order valence-corrected chi connectivity index (χ1v) is 8.56. The van der Waals surface area contributed by atoms with E-state index in [1.807, 2.05) is 6.92 Å². The summed E-state index contributed by atoms with van der Waals surface area (Å²) in [6, 6.07) is 0. The van der Waals surface area contributed by atoms with Crippen molar-refractivity contribution in [2.45, 2.75) is 13.3 Å². The van der Waals surface area contributed by atoms with Gasteiger partial charge >= 0.3 is 0 Å². The Bertz CT molecular complexity index is 664. The normalized spacial score (nSPS) is 18.9. The predicted molar refractivity (Wildman–Crippen MR) is 81.5 cm³/mol. The summed E-state index contributed by atoms with van der Waals surface area (Å²) in [5, 5.41) is 5.18. The van der Waals surface area contributed by atoms with Crippen molar-refractivity contribution in [2.75, 3.05) is 25.4 Å². The minimum absolute atomic E-state index is 0.0881. The molecule has 0 bridgehead atoms. The van der Waals surface area contributed by atoms with Gasteiger partial charge in [0.25, 0.3) is 15.9 Å². The molecule has 0 aromatic rings. The highest BCUT2D eigenvalue weighted by atomic mass is 32.2. The van der Waals surface area contributed by atoms with Crippen LogP contribution in [0.3, 0.4) is 0 Å². The zero-order valence-electron chi connectivity index (χ0n) is 12.2. The maximum absolute atomic E-state index is 12.0. The molecule has 0 saturated heterocycles. The quantitative estimate of drug-likeness (QED) is 0.682. The van der Waals surface area contributed by atoms with Crippen molar-refractivity contribution in [3.8, 4) is 0 Å². The summed E-state index contributed by atoms with van der Waals surface area (Å²) >= 11 is 0. The zero-order valence-corrected chi connectivity index (χ0v) is 13.0. The van der Waals surface area contributed by atoms with Gasteiger partial charge in [0.15, 0.2) is 0 Å². The molecule has 120 valence electrons. The third-order valence-electron chi connectivity index (χ3n) is 3.07. The van der Waals surface area contributed by atoms with E-state index in [-0.39, 0.29) is 24.7 Å². The fraction of sp³-hybridized carbons (Fsp3) is 0.462. The summed E-state index contributed by atoms with van der Waals surface area (Å²) in [5.41, 5.74) is 0.349. The van der Waals surface area contributed by atoms with Crippen LogP contribution in [0.5, 0.6) is 0 Å². The highest BCUT2D eigenvalue weighted by molar-refractivity contribution is 7.90. The van der Waals surface area contributed by atoms with Gasteiger partial charge in [-0.25, -0.2) is 8.42 Å².